The molecule has 0 aliphatic carbocycles. The summed E-state index contributed by atoms with van der Waals surface area (Å²) in [4.78, 5) is 20.1. The van der Waals surface area contributed by atoms with Gasteiger partial charge in [-0.3, -0.25) is 14.8 Å². The van der Waals surface area contributed by atoms with Gasteiger partial charge in [-0.05, 0) is 67.2 Å². The molecule has 2 aromatic carbocycles. The molecule has 1 amide bonds. The zero-order valence-electron chi connectivity index (χ0n) is 22.0. The summed E-state index contributed by atoms with van der Waals surface area (Å²) in [6.45, 7) is 2.65. The molecule has 1 fully saturated rings. The summed E-state index contributed by atoms with van der Waals surface area (Å²) in [6.07, 6.45) is 0.526. The Morgan fingerprint density at radius 3 is 2.80 bits per heavy atom. The molecule has 1 aliphatic rings. The SMILES string of the molecule is Cc1cc(Nc2nc(Sc3ccc(NC(=O)CN4C[C@H](Oc5cccc(F)c5)[C@@H](O)C4)cc3)nn3cccc23)n[nH]1. The molecule has 2 atom stereocenters. The molecule has 1 aliphatic heterocycles. The Balaban J connectivity index is 1.05. The maximum atomic E-state index is 13.4. The van der Waals surface area contributed by atoms with Crippen molar-refractivity contribution in [2.45, 2.75) is 29.2 Å². The van der Waals surface area contributed by atoms with Gasteiger partial charge >= 0.3 is 0 Å². The molecule has 41 heavy (non-hydrogen) atoms. The maximum absolute atomic E-state index is 13.4. The van der Waals surface area contributed by atoms with Crippen LogP contribution in [-0.2, 0) is 4.79 Å². The average molecular weight is 575 g/mol. The minimum atomic E-state index is -0.783. The lowest BCUT2D eigenvalue weighted by molar-refractivity contribution is -0.117. The Labute approximate surface area is 238 Å². The predicted octanol–water partition coefficient (Wildman–Crippen LogP) is 3.86. The number of benzene rings is 2. The van der Waals surface area contributed by atoms with Gasteiger partial charge in [0.05, 0.1) is 6.54 Å². The highest BCUT2D eigenvalue weighted by molar-refractivity contribution is 7.99. The fourth-order valence-corrected chi connectivity index (χ4v) is 5.31. The number of nitrogens with zero attached hydrogens (tertiary/aromatic N) is 5. The molecule has 0 saturated carbocycles. The highest BCUT2D eigenvalue weighted by atomic mass is 32.2. The van der Waals surface area contributed by atoms with E-state index < -0.39 is 18.0 Å². The summed E-state index contributed by atoms with van der Waals surface area (Å²) in [5.41, 5.74) is 2.40. The highest BCUT2D eigenvalue weighted by Crippen LogP contribution is 2.29. The number of aromatic amines is 1. The van der Waals surface area contributed by atoms with Crippen molar-refractivity contribution in [1.29, 1.82) is 0 Å². The summed E-state index contributed by atoms with van der Waals surface area (Å²) < 4.78 is 20.9. The number of hydrogen-bond acceptors (Lipinski definition) is 9. The lowest BCUT2D eigenvalue weighted by atomic mass is 10.2. The fourth-order valence-electron chi connectivity index (χ4n) is 4.56. The van der Waals surface area contributed by atoms with Gasteiger partial charge in [-0.1, -0.05) is 6.07 Å². The minimum Gasteiger partial charge on any atom is -0.486 e. The van der Waals surface area contributed by atoms with Crippen LogP contribution in [0.1, 0.15) is 5.69 Å². The summed E-state index contributed by atoms with van der Waals surface area (Å²) in [5.74, 6) is 1.02. The van der Waals surface area contributed by atoms with Gasteiger partial charge in [0.1, 0.15) is 29.3 Å². The molecular weight excluding hydrogens is 547 g/mol. The standard InChI is InChI=1S/C28H27FN8O3S/c1-17-12-25(34-33-17)31-27-22-6-3-11-37(22)35-28(32-27)41-21-9-7-19(8-10-21)30-26(39)16-36-14-23(38)24(15-36)40-20-5-2-4-18(29)13-20/h2-13,23-24,38H,14-16H2,1H3,(H,30,39)(H2,31,32,33,34,35)/t23-,24-/m0/s1. The molecule has 13 heteroatoms. The summed E-state index contributed by atoms with van der Waals surface area (Å²) >= 11 is 1.39. The number of ether oxygens (including phenoxy) is 1. The second kappa shape index (κ2) is 11.6. The number of aryl methyl sites for hydroxylation is 1. The van der Waals surface area contributed by atoms with Gasteiger partial charge < -0.3 is 20.5 Å². The molecule has 3 aromatic heterocycles. The molecule has 0 bridgehead atoms. The molecule has 0 spiro atoms. The van der Waals surface area contributed by atoms with E-state index >= 15 is 0 Å². The van der Waals surface area contributed by atoms with Crippen LogP contribution in [0, 0.1) is 12.7 Å². The maximum Gasteiger partial charge on any atom is 0.238 e. The summed E-state index contributed by atoms with van der Waals surface area (Å²) in [6, 6.07) is 18.9. The van der Waals surface area contributed by atoms with Crippen LogP contribution >= 0.6 is 11.8 Å². The third kappa shape index (κ3) is 6.48. The van der Waals surface area contributed by atoms with Crippen molar-refractivity contribution in [1.82, 2.24) is 29.7 Å². The number of aliphatic hydroxyl groups is 1. The number of fused-ring (bicyclic) bond motifs is 1. The molecule has 6 rings (SSSR count). The molecule has 5 aromatic rings. The number of rotatable bonds is 9. The Bertz CT molecular complexity index is 1670. The van der Waals surface area contributed by atoms with Crippen LogP contribution in [0.25, 0.3) is 5.52 Å². The van der Waals surface area contributed by atoms with Gasteiger partial charge in [-0.25, -0.2) is 13.9 Å². The van der Waals surface area contributed by atoms with Gasteiger partial charge in [0.2, 0.25) is 11.1 Å². The van der Waals surface area contributed by atoms with E-state index in [1.54, 1.807) is 21.5 Å². The zero-order chi connectivity index (χ0) is 28.3. The van der Waals surface area contributed by atoms with E-state index in [0.717, 1.165) is 16.1 Å². The van der Waals surface area contributed by atoms with Crippen LogP contribution in [0.4, 0.5) is 21.7 Å². The smallest absolute Gasteiger partial charge is 0.238 e. The molecule has 210 valence electrons. The number of nitrogens with one attached hydrogen (secondary N) is 3. The quantitative estimate of drug-likeness (QED) is 0.207. The predicted molar refractivity (Wildman–Crippen MR) is 152 cm³/mol. The van der Waals surface area contributed by atoms with Crippen molar-refractivity contribution < 1.29 is 19.0 Å². The minimum absolute atomic E-state index is 0.0899. The van der Waals surface area contributed by atoms with Crippen molar-refractivity contribution in [2.75, 3.05) is 30.3 Å². The van der Waals surface area contributed by atoms with Crippen LogP contribution in [0.15, 0.2) is 83.0 Å². The number of carbonyl (C=O) groups excluding carboxylic acids is 1. The average Bonchev–Trinajstić information content (AvgIpc) is 3.66. The first kappa shape index (κ1) is 26.7. The number of hydrogen-bond donors (Lipinski definition) is 4. The Hall–Kier alpha value is -4.46. The van der Waals surface area contributed by atoms with Crippen LogP contribution in [0.5, 0.6) is 5.75 Å². The summed E-state index contributed by atoms with van der Waals surface area (Å²) in [5, 5.41) is 28.8. The highest BCUT2D eigenvalue weighted by Gasteiger charge is 2.34. The Morgan fingerprint density at radius 2 is 2.02 bits per heavy atom. The number of likely N-dealkylation sites (tertiary alicyclic amines) is 1. The van der Waals surface area contributed by atoms with E-state index in [9.17, 15) is 14.3 Å². The third-order valence-electron chi connectivity index (χ3n) is 6.43. The third-order valence-corrected chi connectivity index (χ3v) is 7.30. The van der Waals surface area contributed by atoms with Crippen LogP contribution in [-0.4, -0.2) is 72.6 Å². The van der Waals surface area contributed by atoms with Gasteiger partial charge in [-0.15, -0.1) is 5.10 Å². The van der Waals surface area contributed by atoms with Crippen molar-refractivity contribution in [2.24, 2.45) is 0 Å². The number of aromatic nitrogens is 5. The van der Waals surface area contributed by atoms with E-state index in [0.29, 0.717) is 34.8 Å². The van der Waals surface area contributed by atoms with Crippen molar-refractivity contribution in [3.8, 4) is 5.75 Å². The van der Waals surface area contributed by atoms with Crippen molar-refractivity contribution in [3.05, 3.63) is 84.4 Å². The first-order chi connectivity index (χ1) is 19.9. The first-order valence-corrected chi connectivity index (χ1v) is 13.7. The Kier molecular flexibility index (Phi) is 7.55. The molecular formula is C28H27FN8O3S. The number of halogens is 1. The lowest BCUT2D eigenvalue weighted by Gasteiger charge is -2.17. The van der Waals surface area contributed by atoms with Crippen molar-refractivity contribution >= 4 is 40.5 Å². The van der Waals surface area contributed by atoms with Crippen LogP contribution in [0.2, 0.25) is 0 Å². The first-order valence-electron chi connectivity index (χ1n) is 12.9. The molecule has 1 saturated heterocycles. The van der Waals surface area contributed by atoms with E-state index in [2.05, 4.69) is 30.9 Å². The number of aliphatic hydroxyl groups excluding tert-OH is 1. The molecule has 11 nitrogen and oxygen atoms in total. The van der Waals surface area contributed by atoms with Gasteiger partial charge in [0, 0.05) is 47.7 Å². The number of amides is 1. The number of β-amino-alcohol motifs (C(OH)–C–C–N with tert-alkyl or cyclic N) is 1. The molecule has 0 radical (unpaired) electrons. The lowest BCUT2D eigenvalue weighted by Crippen LogP contribution is -2.33. The largest absolute Gasteiger partial charge is 0.486 e. The normalized spacial score (nSPS) is 17.1. The zero-order valence-corrected chi connectivity index (χ0v) is 22.8. The van der Waals surface area contributed by atoms with E-state index in [1.165, 1.54) is 23.9 Å². The second-order valence-electron chi connectivity index (χ2n) is 9.69. The number of anilines is 3. The second-order valence-corrected chi connectivity index (χ2v) is 10.7. The number of H-pyrrole nitrogens is 1. The van der Waals surface area contributed by atoms with Gasteiger partial charge in [-0.2, -0.15) is 5.10 Å². The van der Waals surface area contributed by atoms with E-state index in [1.807, 2.05) is 55.6 Å². The topological polar surface area (TPSA) is 133 Å². The molecule has 4 heterocycles. The van der Waals surface area contributed by atoms with E-state index in [-0.39, 0.29) is 19.0 Å². The van der Waals surface area contributed by atoms with Gasteiger partial charge in [0.15, 0.2) is 11.6 Å². The van der Waals surface area contributed by atoms with Crippen LogP contribution < -0.4 is 15.4 Å². The Morgan fingerprint density at radius 1 is 1.17 bits per heavy atom. The fraction of sp³-hybridized carbons (Fsp3) is 0.214. The summed E-state index contributed by atoms with van der Waals surface area (Å²) in [7, 11) is 0. The molecule has 0 unspecified atom stereocenters. The molecule has 4 N–H and O–H groups in total. The van der Waals surface area contributed by atoms with Crippen LogP contribution in [0.3, 0.4) is 0 Å². The number of carbonyl (C=O) groups is 1. The monoisotopic (exact) mass is 574 g/mol. The van der Waals surface area contributed by atoms with E-state index in [4.69, 9.17) is 4.74 Å². The van der Waals surface area contributed by atoms with Gasteiger partial charge in [0.25, 0.3) is 0 Å². The van der Waals surface area contributed by atoms with Crippen molar-refractivity contribution in [3.63, 3.8) is 0 Å².